The first-order chi connectivity index (χ1) is 17.7. The van der Waals surface area contributed by atoms with Crippen LogP contribution in [0, 0.1) is 6.92 Å². The number of nitrogens with one attached hydrogen (secondary N) is 1. The lowest BCUT2D eigenvalue weighted by atomic mass is 10.1. The molecule has 3 rings (SSSR count). The molecule has 0 spiro atoms. The van der Waals surface area contributed by atoms with Crippen LogP contribution in [-0.4, -0.2) is 48.7 Å². The van der Waals surface area contributed by atoms with E-state index in [0.29, 0.717) is 23.7 Å². The number of anilines is 1. The van der Waals surface area contributed by atoms with Gasteiger partial charge in [0.1, 0.15) is 12.3 Å². The van der Waals surface area contributed by atoms with Crippen LogP contribution < -0.4 is 23.8 Å². The maximum atomic E-state index is 13.8. The molecule has 1 amide bonds. The molecule has 0 atom stereocenters. The van der Waals surface area contributed by atoms with E-state index < -0.39 is 22.5 Å². The first-order valence-electron chi connectivity index (χ1n) is 11.6. The number of carbonyl (C=O) groups excluding carboxylic acids is 1. The maximum absolute atomic E-state index is 13.8. The zero-order valence-corrected chi connectivity index (χ0v) is 22.9. The fourth-order valence-electron chi connectivity index (χ4n) is 3.72. The molecular weight excluding hydrogens is 516 g/mol. The van der Waals surface area contributed by atoms with Gasteiger partial charge in [0.15, 0.2) is 11.5 Å². The molecule has 3 aromatic rings. The number of ether oxygens (including phenoxy) is 3. The highest BCUT2D eigenvalue weighted by atomic mass is 35.5. The van der Waals surface area contributed by atoms with Gasteiger partial charge in [-0.25, -0.2) is 8.42 Å². The quantitative estimate of drug-likeness (QED) is 0.333. The lowest BCUT2D eigenvalue weighted by molar-refractivity contribution is -0.119. The molecule has 3 aromatic carbocycles. The highest BCUT2D eigenvalue weighted by molar-refractivity contribution is 7.92. The van der Waals surface area contributed by atoms with Crippen molar-refractivity contribution in [3.05, 3.63) is 76.8 Å². The maximum Gasteiger partial charge on any atom is 0.265 e. The minimum Gasteiger partial charge on any atom is -0.495 e. The van der Waals surface area contributed by atoms with Crippen LogP contribution in [0.1, 0.15) is 17.5 Å². The molecule has 0 saturated carbocycles. The smallest absolute Gasteiger partial charge is 0.265 e. The van der Waals surface area contributed by atoms with E-state index in [4.69, 9.17) is 25.8 Å². The van der Waals surface area contributed by atoms with Crippen LogP contribution >= 0.6 is 11.6 Å². The van der Waals surface area contributed by atoms with Crippen molar-refractivity contribution in [2.45, 2.75) is 24.7 Å². The number of sulfonamides is 1. The number of benzene rings is 3. The van der Waals surface area contributed by atoms with Crippen molar-refractivity contribution in [2.75, 3.05) is 38.7 Å². The Kier molecular flexibility index (Phi) is 9.66. The summed E-state index contributed by atoms with van der Waals surface area (Å²) < 4.78 is 44.5. The van der Waals surface area contributed by atoms with Crippen molar-refractivity contribution in [3.8, 4) is 17.2 Å². The summed E-state index contributed by atoms with van der Waals surface area (Å²) >= 11 is 6.19. The summed E-state index contributed by atoms with van der Waals surface area (Å²) in [5, 5.41) is 3.11. The summed E-state index contributed by atoms with van der Waals surface area (Å²) in [6.45, 7) is 1.95. The van der Waals surface area contributed by atoms with Gasteiger partial charge in [-0.1, -0.05) is 41.4 Å². The van der Waals surface area contributed by atoms with E-state index in [0.717, 1.165) is 10.7 Å². The third-order valence-electron chi connectivity index (χ3n) is 5.72. The summed E-state index contributed by atoms with van der Waals surface area (Å²) in [5.41, 5.74) is 2.49. The van der Waals surface area contributed by atoms with Gasteiger partial charge in [-0.2, -0.15) is 0 Å². The molecule has 0 aliphatic heterocycles. The first-order valence-corrected chi connectivity index (χ1v) is 13.4. The molecule has 0 aromatic heterocycles. The Morgan fingerprint density at radius 1 is 0.892 bits per heavy atom. The Bertz CT molecular complexity index is 1330. The van der Waals surface area contributed by atoms with Crippen LogP contribution in [-0.2, 0) is 21.2 Å². The van der Waals surface area contributed by atoms with Crippen LogP contribution in [0.2, 0.25) is 5.02 Å². The zero-order chi connectivity index (χ0) is 27.0. The number of carbonyl (C=O) groups is 1. The van der Waals surface area contributed by atoms with E-state index in [1.807, 2.05) is 19.1 Å². The highest BCUT2D eigenvalue weighted by Gasteiger charge is 2.30. The average Bonchev–Trinajstić information content (AvgIpc) is 2.90. The molecule has 198 valence electrons. The van der Waals surface area contributed by atoms with Gasteiger partial charge in [0.2, 0.25) is 5.91 Å². The predicted octanol–water partition coefficient (Wildman–Crippen LogP) is 4.62. The topological polar surface area (TPSA) is 94.2 Å². The fourth-order valence-corrected chi connectivity index (χ4v) is 5.33. The Balaban J connectivity index is 1.85. The second-order valence-corrected chi connectivity index (χ2v) is 10.6. The van der Waals surface area contributed by atoms with Crippen molar-refractivity contribution < 1.29 is 27.4 Å². The van der Waals surface area contributed by atoms with Crippen LogP contribution in [0.3, 0.4) is 0 Å². The van der Waals surface area contributed by atoms with Gasteiger partial charge in [0, 0.05) is 17.6 Å². The third kappa shape index (κ3) is 7.08. The average molecular weight is 547 g/mol. The molecule has 10 heteroatoms. The van der Waals surface area contributed by atoms with Gasteiger partial charge in [-0.05, 0) is 55.7 Å². The number of halogens is 1. The first kappa shape index (κ1) is 28.1. The van der Waals surface area contributed by atoms with Crippen molar-refractivity contribution >= 4 is 33.2 Å². The molecule has 0 aliphatic rings. The van der Waals surface area contributed by atoms with E-state index in [-0.39, 0.29) is 22.1 Å². The van der Waals surface area contributed by atoms with Gasteiger partial charge in [0.05, 0.1) is 31.9 Å². The normalized spacial score (nSPS) is 11.1. The Labute approximate surface area is 223 Å². The van der Waals surface area contributed by atoms with Gasteiger partial charge in [0.25, 0.3) is 10.0 Å². The van der Waals surface area contributed by atoms with Crippen LogP contribution in [0.15, 0.2) is 65.6 Å². The van der Waals surface area contributed by atoms with E-state index in [2.05, 4.69) is 17.4 Å². The van der Waals surface area contributed by atoms with Crippen molar-refractivity contribution in [3.63, 3.8) is 0 Å². The molecule has 0 heterocycles. The monoisotopic (exact) mass is 546 g/mol. The molecule has 0 unspecified atom stereocenters. The molecule has 0 aliphatic carbocycles. The second kappa shape index (κ2) is 12.7. The summed E-state index contributed by atoms with van der Waals surface area (Å²) in [6, 6.07) is 17.0. The SMILES string of the molecule is COc1ccc(S(=O)(=O)N(CC(=O)NCCCc2ccc(C)cc2)c2cc(Cl)ccc2OC)cc1OC. The van der Waals surface area contributed by atoms with Crippen LogP contribution in [0.5, 0.6) is 17.2 Å². The Hall–Kier alpha value is -3.43. The zero-order valence-electron chi connectivity index (χ0n) is 21.3. The molecule has 0 saturated heterocycles. The van der Waals surface area contributed by atoms with Crippen molar-refractivity contribution in [1.82, 2.24) is 5.32 Å². The molecule has 1 N–H and O–H groups in total. The summed E-state index contributed by atoms with van der Waals surface area (Å²) in [6.07, 6.45) is 1.49. The number of hydrogen-bond acceptors (Lipinski definition) is 6. The summed E-state index contributed by atoms with van der Waals surface area (Å²) in [5.74, 6) is 0.400. The largest absolute Gasteiger partial charge is 0.495 e. The highest BCUT2D eigenvalue weighted by Crippen LogP contribution is 2.36. The van der Waals surface area contributed by atoms with E-state index in [9.17, 15) is 13.2 Å². The van der Waals surface area contributed by atoms with Gasteiger partial charge in [-0.15, -0.1) is 0 Å². The van der Waals surface area contributed by atoms with E-state index in [1.54, 1.807) is 12.1 Å². The Morgan fingerprint density at radius 2 is 1.54 bits per heavy atom. The van der Waals surface area contributed by atoms with Crippen molar-refractivity contribution in [1.29, 1.82) is 0 Å². The molecular formula is C27H31ClN2O6S. The molecule has 37 heavy (non-hydrogen) atoms. The lowest BCUT2D eigenvalue weighted by Crippen LogP contribution is -2.41. The summed E-state index contributed by atoms with van der Waals surface area (Å²) in [4.78, 5) is 12.8. The predicted molar refractivity (Wildman–Crippen MR) is 145 cm³/mol. The van der Waals surface area contributed by atoms with Gasteiger partial charge in [-0.3, -0.25) is 9.10 Å². The number of aryl methyl sites for hydroxylation is 2. The third-order valence-corrected chi connectivity index (χ3v) is 7.72. The lowest BCUT2D eigenvalue weighted by Gasteiger charge is -2.26. The van der Waals surface area contributed by atoms with E-state index >= 15 is 0 Å². The molecule has 0 bridgehead atoms. The molecule has 8 nitrogen and oxygen atoms in total. The number of hydrogen-bond donors (Lipinski definition) is 1. The number of methoxy groups -OCH3 is 3. The standard InChI is InChI=1S/C27H31ClN2O6S/c1-19-7-9-20(10-8-19)6-5-15-29-27(31)18-30(23-16-21(28)11-13-24(23)34-2)37(32,33)22-12-14-25(35-3)26(17-22)36-4/h7-14,16-17H,5-6,15,18H2,1-4H3,(H,29,31). The number of nitrogens with zero attached hydrogens (tertiary/aromatic N) is 1. The minimum atomic E-state index is -4.24. The fraction of sp³-hybridized carbons (Fsp3) is 0.296. The second-order valence-electron chi connectivity index (χ2n) is 8.28. The van der Waals surface area contributed by atoms with Gasteiger partial charge < -0.3 is 19.5 Å². The van der Waals surface area contributed by atoms with Crippen molar-refractivity contribution in [2.24, 2.45) is 0 Å². The Morgan fingerprint density at radius 3 is 2.19 bits per heavy atom. The van der Waals surface area contributed by atoms with E-state index in [1.165, 1.54) is 56.7 Å². The molecule has 0 radical (unpaired) electrons. The van der Waals surface area contributed by atoms with Crippen LogP contribution in [0.4, 0.5) is 5.69 Å². The van der Waals surface area contributed by atoms with Crippen LogP contribution in [0.25, 0.3) is 0 Å². The number of amides is 1. The van der Waals surface area contributed by atoms with Gasteiger partial charge >= 0.3 is 0 Å². The summed E-state index contributed by atoms with van der Waals surface area (Å²) in [7, 11) is 0.0497. The number of rotatable bonds is 12. The minimum absolute atomic E-state index is 0.0839. The molecule has 0 fully saturated rings.